The summed E-state index contributed by atoms with van der Waals surface area (Å²) in [5.74, 6) is 2.82. The molecule has 3 aromatic rings. The van der Waals surface area contributed by atoms with Crippen LogP contribution in [0.3, 0.4) is 0 Å². The molecule has 0 saturated heterocycles. The molecule has 0 N–H and O–H groups in total. The van der Waals surface area contributed by atoms with Crippen LogP contribution in [0, 0.1) is 0 Å². The Morgan fingerprint density at radius 1 is 1.04 bits per heavy atom. The Bertz CT molecular complexity index is 879. The Hall–Kier alpha value is -2.86. The average molecular weight is 351 g/mol. The molecule has 134 valence electrons. The van der Waals surface area contributed by atoms with Crippen molar-refractivity contribution in [1.29, 1.82) is 0 Å². The van der Waals surface area contributed by atoms with Gasteiger partial charge in [-0.3, -0.25) is 4.90 Å². The maximum absolute atomic E-state index is 5.66. The van der Waals surface area contributed by atoms with Gasteiger partial charge in [0.25, 0.3) is 0 Å². The molecule has 1 aliphatic rings. The topological polar surface area (TPSA) is 60.6 Å². The minimum atomic E-state index is -0.00633. The molecule has 0 fully saturated rings. The van der Waals surface area contributed by atoms with Crippen molar-refractivity contribution < 1.29 is 14.0 Å². The van der Waals surface area contributed by atoms with E-state index in [0.717, 1.165) is 29.2 Å². The van der Waals surface area contributed by atoms with Gasteiger partial charge < -0.3 is 14.0 Å². The van der Waals surface area contributed by atoms with Gasteiger partial charge in [-0.1, -0.05) is 41.6 Å². The second-order valence-corrected chi connectivity index (χ2v) is 6.39. The van der Waals surface area contributed by atoms with Crippen LogP contribution in [0.1, 0.15) is 24.4 Å². The van der Waals surface area contributed by atoms with Crippen molar-refractivity contribution in [2.75, 3.05) is 20.3 Å². The zero-order valence-corrected chi connectivity index (χ0v) is 14.9. The highest BCUT2D eigenvalue weighted by Gasteiger charge is 2.20. The van der Waals surface area contributed by atoms with Crippen molar-refractivity contribution in [2.24, 2.45) is 0 Å². The van der Waals surface area contributed by atoms with Crippen molar-refractivity contribution in [3.8, 4) is 22.9 Å². The highest BCUT2D eigenvalue weighted by molar-refractivity contribution is 5.53. The van der Waals surface area contributed by atoms with E-state index >= 15 is 0 Å². The molecule has 1 aliphatic heterocycles. The molecule has 0 spiro atoms. The number of rotatable bonds is 5. The van der Waals surface area contributed by atoms with Gasteiger partial charge in [-0.25, -0.2) is 0 Å². The molecule has 1 unspecified atom stereocenters. The summed E-state index contributed by atoms with van der Waals surface area (Å²) in [5.41, 5.74) is 2.09. The summed E-state index contributed by atoms with van der Waals surface area (Å²) < 4.78 is 16.7. The molecule has 0 bridgehead atoms. The number of benzene rings is 2. The first kappa shape index (κ1) is 16.6. The first-order valence-corrected chi connectivity index (χ1v) is 8.68. The van der Waals surface area contributed by atoms with Crippen LogP contribution in [0.5, 0.6) is 11.5 Å². The monoisotopic (exact) mass is 351 g/mol. The minimum absolute atomic E-state index is 0.00633. The molecule has 1 atom stereocenters. The zero-order valence-electron chi connectivity index (χ0n) is 14.9. The predicted molar refractivity (Wildman–Crippen MR) is 97.0 cm³/mol. The smallest absolute Gasteiger partial charge is 0.244 e. The van der Waals surface area contributed by atoms with Crippen molar-refractivity contribution in [2.45, 2.75) is 19.5 Å². The number of fused-ring (bicyclic) bond motifs is 1. The Morgan fingerprint density at radius 3 is 2.62 bits per heavy atom. The predicted octanol–water partition coefficient (Wildman–Crippen LogP) is 3.70. The Kier molecular flexibility index (Phi) is 4.58. The fourth-order valence-corrected chi connectivity index (χ4v) is 2.91. The van der Waals surface area contributed by atoms with E-state index in [4.69, 9.17) is 14.0 Å². The highest BCUT2D eigenvalue weighted by Crippen LogP contribution is 2.32. The lowest BCUT2D eigenvalue weighted by molar-refractivity contribution is 0.170. The van der Waals surface area contributed by atoms with Crippen LogP contribution in [0.2, 0.25) is 0 Å². The number of nitrogens with zero attached hydrogens (tertiary/aromatic N) is 3. The van der Waals surface area contributed by atoms with Gasteiger partial charge >= 0.3 is 0 Å². The normalized spacial score (nSPS) is 14.4. The summed E-state index contributed by atoms with van der Waals surface area (Å²) in [4.78, 5) is 6.71. The molecule has 4 rings (SSSR count). The SMILES string of the molecule is CC(c1nc(-c2ccccc2)no1)N(C)Cc1ccc2c(c1)OCCO2. The van der Waals surface area contributed by atoms with E-state index < -0.39 is 0 Å². The molecule has 0 aliphatic carbocycles. The first-order chi connectivity index (χ1) is 12.7. The maximum Gasteiger partial charge on any atom is 0.244 e. The van der Waals surface area contributed by atoms with E-state index in [-0.39, 0.29) is 6.04 Å². The average Bonchev–Trinajstić information content (AvgIpc) is 3.18. The second kappa shape index (κ2) is 7.17. The zero-order chi connectivity index (χ0) is 17.9. The second-order valence-electron chi connectivity index (χ2n) is 6.39. The van der Waals surface area contributed by atoms with Gasteiger partial charge in [-0.2, -0.15) is 4.98 Å². The fraction of sp³-hybridized carbons (Fsp3) is 0.300. The van der Waals surface area contributed by atoms with Crippen LogP contribution in [0.15, 0.2) is 53.1 Å². The molecule has 1 aromatic heterocycles. The highest BCUT2D eigenvalue weighted by atomic mass is 16.6. The molecule has 0 amide bonds. The summed E-state index contributed by atoms with van der Waals surface area (Å²) in [6, 6.07) is 15.9. The third-order valence-electron chi connectivity index (χ3n) is 4.53. The van der Waals surface area contributed by atoms with Gasteiger partial charge in [0.15, 0.2) is 11.5 Å². The van der Waals surface area contributed by atoms with E-state index in [2.05, 4.69) is 28.0 Å². The van der Waals surface area contributed by atoms with Crippen LogP contribution in [0.4, 0.5) is 0 Å². The van der Waals surface area contributed by atoms with Crippen LogP contribution < -0.4 is 9.47 Å². The van der Waals surface area contributed by atoms with E-state index in [9.17, 15) is 0 Å². The van der Waals surface area contributed by atoms with Crippen LogP contribution >= 0.6 is 0 Å². The lowest BCUT2D eigenvalue weighted by Gasteiger charge is -2.23. The molecular formula is C20H21N3O3. The molecule has 2 heterocycles. The lowest BCUT2D eigenvalue weighted by atomic mass is 10.1. The van der Waals surface area contributed by atoms with Gasteiger partial charge in [0, 0.05) is 12.1 Å². The van der Waals surface area contributed by atoms with Gasteiger partial charge in [-0.05, 0) is 31.7 Å². The van der Waals surface area contributed by atoms with Crippen LogP contribution in [-0.2, 0) is 6.54 Å². The van der Waals surface area contributed by atoms with Crippen molar-refractivity contribution >= 4 is 0 Å². The van der Waals surface area contributed by atoms with Gasteiger partial charge in [0.05, 0.1) is 6.04 Å². The van der Waals surface area contributed by atoms with E-state index in [1.807, 2.05) is 49.5 Å². The summed E-state index contributed by atoms with van der Waals surface area (Å²) in [6.07, 6.45) is 0. The summed E-state index contributed by atoms with van der Waals surface area (Å²) in [6.45, 7) is 3.98. The van der Waals surface area contributed by atoms with Crippen molar-refractivity contribution in [3.63, 3.8) is 0 Å². The molecule has 6 nitrogen and oxygen atoms in total. The lowest BCUT2D eigenvalue weighted by Crippen LogP contribution is -2.22. The van der Waals surface area contributed by atoms with Crippen molar-refractivity contribution in [1.82, 2.24) is 15.0 Å². The van der Waals surface area contributed by atoms with E-state index in [1.165, 1.54) is 0 Å². The summed E-state index contributed by atoms with van der Waals surface area (Å²) in [5, 5.41) is 4.11. The molecule has 0 saturated carbocycles. The number of hydrogen-bond donors (Lipinski definition) is 0. The third-order valence-corrected chi connectivity index (χ3v) is 4.53. The fourth-order valence-electron chi connectivity index (χ4n) is 2.91. The van der Waals surface area contributed by atoms with Crippen molar-refractivity contribution in [3.05, 3.63) is 60.0 Å². The summed E-state index contributed by atoms with van der Waals surface area (Å²) in [7, 11) is 2.04. The standard InChI is InChI=1S/C20H21N3O3/c1-14(20-21-19(22-26-20)16-6-4-3-5-7-16)23(2)13-15-8-9-17-18(12-15)25-11-10-24-17/h3-9,12,14H,10-11,13H2,1-2H3. The quantitative estimate of drug-likeness (QED) is 0.698. The number of ether oxygens (including phenoxy) is 2. The molecule has 0 radical (unpaired) electrons. The van der Waals surface area contributed by atoms with E-state index in [1.54, 1.807) is 0 Å². The van der Waals surface area contributed by atoms with E-state index in [0.29, 0.717) is 24.9 Å². The van der Waals surface area contributed by atoms with Gasteiger partial charge in [0.2, 0.25) is 11.7 Å². The molecule has 2 aromatic carbocycles. The Morgan fingerprint density at radius 2 is 1.81 bits per heavy atom. The Labute approximate surface area is 152 Å². The van der Waals surface area contributed by atoms with Crippen LogP contribution in [-0.4, -0.2) is 35.3 Å². The third kappa shape index (κ3) is 3.41. The maximum atomic E-state index is 5.66. The first-order valence-electron chi connectivity index (χ1n) is 8.68. The molecular weight excluding hydrogens is 330 g/mol. The Balaban J connectivity index is 1.46. The number of hydrogen-bond acceptors (Lipinski definition) is 6. The summed E-state index contributed by atoms with van der Waals surface area (Å²) >= 11 is 0. The van der Waals surface area contributed by atoms with Crippen LogP contribution in [0.25, 0.3) is 11.4 Å². The minimum Gasteiger partial charge on any atom is -0.486 e. The molecule has 26 heavy (non-hydrogen) atoms. The van der Waals surface area contributed by atoms with Gasteiger partial charge in [-0.15, -0.1) is 0 Å². The van der Waals surface area contributed by atoms with Gasteiger partial charge in [0.1, 0.15) is 13.2 Å². The largest absolute Gasteiger partial charge is 0.486 e. The number of aromatic nitrogens is 2. The molecule has 6 heteroatoms.